The number of anilines is 2. The molecule has 0 spiro atoms. The lowest BCUT2D eigenvalue weighted by Crippen LogP contribution is -2.44. The lowest BCUT2D eigenvalue weighted by atomic mass is 9.99. The van der Waals surface area contributed by atoms with Gasteiger partial charge in [-0.25, -0.2) is 9.37 Å². The summed E-state index contributed by atoms with van der Waals surface area (Å²) in [5.41, 5.74) is -0.205. The van der Waals surface area contributed by atoms with Gasteiger partial charge in [-0.2, -0.15) is 0 Å². The van der Waals surface area contributed by atoms with Crippen LogP contribution in [0, 0.1) is 18.2 Å². The summed E-state index contributed by atoms with van der Waals surface area (Å²) in [5.74, 6) is 2.06. The SMILES string of the molecule is C#C[C@](C)(CC)NC(=O)c1cccnc1Nc1ccccc1F. The van der Waals surface area contributed by atoms with Gasteiger partial charge in [0.1, 0.15) is 11.6 Å². The van der Waals surface area contributed by atoms with Crippen LogP contribution in [0.3, 0.4) is 0 Å². The molecule has 118 valence electrons. The number of terminal acetylenes is 1. The van der Waals surface area contributed by atoms with E-state index >= 15 is 0 Å². The third-order valence-electron chi connectivity index (χ3n) is 3.59. The highest BCUT2D eigenvalue weighted by atomic mass is 19.1. The summed E-state index contributed by atoms with van der Waals surface area (Å²) in [6, 6.07) is 9.44. The number of para-hydroxylation sites is 1. The average Bonchev–Trinajstić information content (AvgIpc) is 2.57. The van der Waals surface area contributed by atoms with Crippen LogP contribution < -0.4 is 10.6 Å². The van der Waals surface area contributed by atoms with E-state index in [1.807, 2.05) is 6.92 Å². The molecule has 23 heavy (non-hydrogen) atoms. The number of amides is 1. The average molecular weight is 311 g/mol. The van der Waals surface area contributed by atoms with Gasteiger partial charge in [-0.1, -0.05) is 25.0 Å². The predicted octanol–water partition coefficient (Wildman–Crippen LogP) is 3.50. The standard InChI is InChI=1S/C18H18FN3O/c1-4-18(3,5-2)22-17(23)13-9-8-12-20-16(13)21-15-11-7-6-10-14(15)19/h1,6-12H,5H2,2-3H3,(H,20,21)(H,22,23)/t18-/m1/s1. The predicted molar refractivity (Wildman–Crippen MR) is 88.9 cm³/mol. The van der Waals surface area contributed by atoms with Gasteiger partial charge in [0.25, 0.3) is 5.91 Å². The van der Waals surface area contributed by atoms with Crippen LogP contribution in [0.5, 0.6) is 0 Å². The Kier molecular flexibility index (Phi) is 4.97. The Labute approximate surface area is 135 Å². The number of pyridine rings is 1. The summed E-state index contributed by atoms with van der Waals surface area (Å²) >= 11 is 0. The fourth-order valence-corrected chi connectivity index (χ4v) is 1.92. The lowest BCUT2D eigenvalue weighted by molar-refractivity contribution is 0.0924. The monoisotopic (exact) mass is 311 g/mol. The Morgan fingerprint density at radius 1 is 1.35 bits per heavy atom. The van der Waals surface area contributed by atoms with Gasteiger partial charge in [-0.3, -0.25) is 4.79 Å². The quantitative estimate of drug-likeness (QED) is 0.831. The molecule has 0 aliphatic carbocycles. The smallest absolute Gasteiger partial charge is 0.256 e. The second-order valence-corrected chi connectivity index (χ2v) is 5.29. The summed E-state index contributed by atoms with van der Waals surface area (Å²) in [5, 5.41) is 5.65. The molecular formula is C18H18FN3O. The number of halogens is 1. The van der Waals surface area contributed by atoms with Crippen LogP contribution in [0.15, 0.2) is 42.6 Å². The van der Waals surface area contributed by atoms with E-state index in [-0.39, 0.29) is 17.4 Å². The second kappa shape index (κ2) is 6.93. The van der Waals surface area contributed by atoms with Crippen molar-refractivity contribution in [2.45, 2.75) is 25.8 Å². The maximum Gasteiger partial charge on any atom is 0.256 e. The van der Waals surface area contributed by atoms with E-state index in [1.165, 1.54) is 12.3 Å². The van der Waals surface area contributed by atoms with E-state index in [1.54, 1.807) is 37.3 Å². The zero-order chi connectivity index (χ0) is 16.9. The van der Waals surface area contributed by atoms with Gasteiger partial charge in [0.2, 0.25) is 0 Å². The number of hydrogen-bond acceptors (Lipinski definition) is 3. The van der Waals surface area contributed by atoms with Crippen molar-refractivity contribution in [1.82, 2.24) is 10.3 Å². The van der Waals surface area contributed by atoms with Gasteiger partial charge in [-0.05, 0) is 37.6 Å². The molecule has 1 amide bonds. The number of nitrogens with one attached hydrogen (secondary N) is 2. The normalized spacial score (nSPS) is 12.8. The zero-order valence-electron chi connectivity index (χ0n) is 13.1. The number of rotatable bonds is 5. The maximum absolute atomic E-state index is 13.8. The second-order valence-electron chi connectivity index (χ2n) is 5.29. The highest BCUT2D eigenvalue weighted by Crippen LogP contribution is 2.21. The molecule has 4 nitrogen and oxygen atoms in total. The van der Waals surface area contributed by atoms with Crippen molar-refractivity contribution in [3.8, 4) is 12.3 Å². The molecule has 0 unspecified atom stereocenters. The van der Waals surface area contributed by atoms with Gasteiger partial charge in [0.05, 0.1) is 16.8 Å². The van der Waals surface area contributed by atoms with Crippen molar-refractivity contribution < 1.29 is 9.18 Å². The molecule has 1 aromatic carbocycles. The van der Waals surface area contributed by atoms with Gasteiger partial charge in [0.15, 0.2) is 0 Å². The van der Waals surface area contributed by atoms with E-state index < -0.39 is 11.4 Å². The first-order valence-electron chi connectivity index (χ1n) is 7.26. The van der Waals surface area contributed by atoms with Crippen LogP contribution in [-0.4, -0.2) is 16.4 Å². The number of carbonyl (C=O) groups excluding carboxylic acids is 1. The highest BCUT2D eigenvalue weighted by Gasteiger charge is 2.23. The van der Waals surface area contributed by atoms with E-state index in [2.05, 4.69) is 21.5 Å². The summed E-state index contributed by atoms with van der Waals surface area (Å²) < 4.78 is 13.8. The van der Waals surface area contributed by atoms with Gasteiger partial charge < -0.3 is 10.6 Å². The Morgan fingerprint density at radius 2 is 2.09 bits per heavy atom. The number of nitrogens with zero attached hydrogens (tertiary/aromatic N) is 1. The fraction of sp³-hybridized carbons (Fsp3) is 0.222. The van der Waals surface area contributed by atoms with Crippen molar-refractivity contribution in [3.63, 3.8) is 0 Å². The number of hydrogen-bond donors (Lipinski definition) is 2. The van der Waals surface area contributed by atoms with Crippen molar-refractivity contribution in [2.75, 3.05) is 5.32 Å². The van der Waals surface area contributed by atoms with Crippen LogP contribution >= 0.6 is 0 Å². The molecule has 0 aliphatic rings. The number of carbonyl (C=O) groups is 1. The molecule has 5 heteroatoms. The van der Waals surface area contributed by atoms with Crippen molar-refractivity contribution >= 4 is 17.4 Å². The van der Waals surface area contributed by atoms with Crippen molar-refractivity contribution in [2.24, 2.45) is 0 Å². The molecule has 0 aliphatic heterocycles. The van der Waals surface area contributed by atoms with Gasteiger partial charge in [-0.15, -0.1) is 6.42 Å². The molecule has 2 N–H and O–H groups in total. The van der Waals surface area contributed by atoms with Crippen LogP contribution in [0.25, 0.3) is 0 Å². The first kappa shape index (κ1) is 16.5. The minimum atomic E-state index is -0.748. The van der Waals surface area contributed by atoms with E-state index in [0.29, 0.717) is 12.0 Å². The number of aromatic nitrogens is 1. The first-order chi connectivity index (χ1) is 11.0. The molecule has 2 aromatic rings. The van der Waals surface area contributed by atoms with Crippen molar-refractivity contribution in [1.29, 1.82) is 0 Å². The molecule has 0 saturated heterocycles. The molecule has 1 atom stereocenters. The van der Waals surface area contributed by atoms with Crippen molar-refractivity contribution in [3.05, 3.63) is 54.0 Å². The van der Waals surface area contributed by atoms with Crippen LogP contribution in [-0.2, 0) is 0 Å². The Hall–Kier alpha value is -2.87. The molecule has 0 bridgehead atoms. The Bertz CT molecular complexity index is 754. The molecule has 0 radical (unpaired) electrons. The Balaban J connectivity index is 2.29. The van der Waals surface area contributed by atoms with Crippen LogP contribution in [0.1, 0.15) is 30.6 Å². The summed E-state index contributed by atoms with van der Waals surface area (Å²) in [7, 11) is 0. The van der Waals surface area contributed by atoms with Gasteiger partial charge >= 0.3 is 0 Å². The molecule has 0 fully saturated rings. The lowest BCUT2D eigenvalue weighted by Gasteiger charge is -2.24. The maximum atomic E-state index is 13.8. The largest absolute Gasteiger partial charge is 0.337 e. The molecule has 1 aromatic heterocycles. The van der Waals surface area contributed by atoms with Crippen LogP contribution in [0.4, 0.5) is 15.9 Å². The van der Waals surface area contributed by atoms with E-state index in [4.69, 9.17) is 6.42 Å². The molecular weight excluding hydrogens is 293 g/mol. The Morgan fingerprint density at radius 3 is 2.74 bits per heavy atom. The topological polar surface area (TPSA) is 54.0 Å². The molecule has 2 rings (SSSR count). The molecule has 1 heterocycles. The van der Waals surface area contributed by atoms with Gasteiger partial charge in [0, 0.05) is 6.20 Å². The summed E-state index contributed by atoms with van der Waals surface area (Å²) in [4.78, 5) is 16.6. The van der Waals surface area contributed by atoms with E-state index in [0.717, 1.165) is 0 Å². The minimum absolute atomic E-state index is 0.246. The minimum Gasteiger partial charge on any atom is -0.337 e. The highest BCUT2D eigenvalue weighted by molar-refractivity contribution is 5.99. The molecule has 0 saturated carbocycles. The fourth-order valence-electron chi connectivity index (χ4n) is 1.92. The van der Waals surface area contributed by atoms with E-state index in [9.17, 15) is 9.18 Å². The number of benzene rings is 1. The third-order valence-corrected chi connectivity index (χ3v) is 3.59. The summed E-state index contributed by atoms with van der Waals surface area (Å²) in [6.07, 6.45) is 7.60. The summed E-state index contributed by atoms with van der Waals surface area (Å²) in [6.45, 7) is 3.66. The zero-order valence-corrected chi connectivity index (χ0v) is 13.1. The van der Waals surface area contributed by atoms with Crippen LogP contribution in [0.2, 0.25) is 0 Å². The third kappa shape index (κ3) is 3.86. The first-order valence-corrected chi connectivity index (χ1v) is 7.26.